The van der Waals surface area contributed by atoms with Gasteiger partial charge in [-0.1, -0.05) is 87.5 Å². The van der Waals surface area contributed by atoms with Crippen molar-refractivity contribution in [3.63, 3.8) is 0 Å². The summed E-state index contributed by atoms with van der Waals surface area (Å²) in [6, 6.07) is 25.7. The molecule has 4 aromatic rings. The van der Waals surface area contributed by atoms with Crippen molar-refractivity contribution in [2.45, 2.75) is 52.4 Å². The molecule has 0 N–H and O–H groups in total. The molecule has 2 saturated carbocycles. The van der Waals surface area contributed by atoms with Gasteiger partial charge in [-0.25, -0.2) is 0 Å². The molecule has 3 aliphatic rings. The van der Waals surface area contributed by atoms with Gasteiger partial charge in [-0.3, -0.25) is 0 Å². The second-order valence-electron chi connectivity index (χ2n) is 11.3. The van der Waals surface area contributed by atoms with E-state index in [0.717, 1.165) is 48.3 Å². The zero-order valence-corrected chi connectivity index (χ0v) is 20.1. The first-order valence-electron chi connectivity index (χ1n) is 13.2. The van der Waals surface area contributed by atoms with Crippen LogP contribution in [0.2, 0.25) is 0 Å². The van der Waals surface area contributed by atoms with Crippen LogP contribution in [0, 0.1) is 29.6 Å². The standard InChI is InChI=1S/C33H34/c1-4-23-24-9-5-7-11-26(24)29(27-12-8-6-10-25(23)27)17-21-13-14-22-18-31-30-15-19(2)20(3)32(30)33(31)28(22)16-21/h5-14,16,19-20,30-33H,4,15,17-18H2,1-3H3/t19-,20-,30-,31?,32-,33+/m0/s1. The Morgan fingerprint density at radius 1 is 0.758 bits per heavy atom. The summed E-state index contributed by atoms with van der Waals surface area (Å²) < 4.78 is 0. The van der Waals surface area contributed by atoms with E-state index in [0.29, 0.717) is 0 Å². The average Bonchev–Trinajstić information content (AvgIpc) is 3.28. The Kier molecular flexibility index (Phi) is 4.33. The van der Waals surface area contributed by atoms with Crippen LogP contribution in [-0.4, -0.2) is 0 Å². The van der Waals surface area contributed by atoms with Gasteiger partial charge in [-0.15, -0.1) is 0 Å². The molecule has 6 atom stereocenters. The highest BCUT2D eigenvalue weighted by atomic mass is 14.6. The van der Waals surface area contributed by atoms with Crippen LogP contribution in [0.25, 0.3) is 21.5 Å². The first kappa shape index (κ1) is 19.8. The van der Waals surface area contributed by atoms with Crippen LogP contribution in [0.3, 0.4) is 0 Å². The maximum atomic E-state index is 2.61. The molecule has 33 heavy (non-hydrogen) atoms. The molecular weight excluding hydrogens is 396 g/mol. The molecule has 0 saturated heterocycles. The third kappa shape index (κ3) is 2.70. The number of hydrogen-bond donors (Lipinski definition) is 0. The smallest absolute Gasteiger partial charge is 0.00133 e. The highest BCUT2D eigenvalue weighted by Gasteiger charge is 2.60. The summed E-state index contributed by atoms with van der Waals surface area (Å²) in [5, 5.41) is 5.75. The van der Waals surface area contributed by atoms with Gasteiger partial charge >= 0.3 is 0 Å². The van der Waals surface area contributed by atoms with Crippen LogP contribution >= 0.6 is 0 Å². The lowest BCUT2D eigenvalue weighted by Crippen LogP contribution is -2.41. The van der Waals surface area contributed by atoms with Gasteiger partial charge in [-0.2, -0.15) is 0 Å². The Hall–Kier alpha value is -2.60. The van der Waals surface area contributed by atoms with E-state index in [-0.39, 0.29) is 0 Å². The lowest BCUT2D eigenvalue weighted by molar-refractivity contribution is 0.0514. The van der Waals surface area contributed by atoms with Crippen LogP contribution in [0.15, 0.2) is 66.7 Å². The van der Waals surface area contributed by atoms with Gasteiger partial charge in [0.1, 0.15) is 0 Å². The second-order valence-corrected chi connectivity index (χ2v) is 11.3. The van der Waals surface area contributed by atoms with Crippen molar-refractivity contribution < 1.29 is 0 Å². The topological polar surface area (TPSA) is 0 Å². The molecule has 2 fully saturated rings. The predicted octanol–water partition coefficient (Wildman–Crippen LogP) is 8.32. The van der Waals surface area contributed by atoms with Crippen molar-refractivity contribution in [1.82, 2.24) is 0 Å². The third-order valence-electron chi connectivity index (χ3n) is 9.98. The van der Waals surface area contributed by atoms with Crippen LogP contribution in [0.5, 0.6) is 0 Å². The van der Waals surface area contributed by atoms with Crippen molar-refractivity contribution in [1.29, 1.82) is 0 Å². The van der Waals surface area contributed by atoms with E-state index in [9.17, 15) is 0 Å². The van der Waals surface area contributed by atoms with Crippen molar-refractivity contribution >= 4 is 21.5 Å². The highest BCUT2D eigenvalue weighted by Crippen LogP contribution is 2.67. The van der Waals surface area contributed by atoms with E-state index in [1.165, 1.54) is 51.1 Å². The molecule has 0 heteroatoms. The van der Waals surface area contributed by atoms with E-state index >= 15 is 0 Å². The van der Waals surface area contributed by atoms with Crippen molar-refractivity contribution in [3.05, 3.63) is 94.5 Å². The SMILES string of the molecule is CCc1c2ccccc2c(Cc2ccc3c(c2)[C@@H]2C(C3)[C@@H]3C[C@H](C)[C@H](C)[C@H]23)c2ccccc12. The van der Waals surface area contributed by atoms with E-state index < -0.39 is 0 Å². The summed E-state index contributed by atoms with van der Waals surface area (Å²) in [7, 11) is 0. The minimum atomic E-state index is 0.834. The largest absolute Gasteiger partial charge is 0.0622 e. The van der Waals surface area contributed by atoms with Gasteiger partial charge in [0.15, 0.2) is 0 Å². The van der Waals surface area contributed by atoms with Gasteiger partial charge < -0.3 is 0 Å². The zero-order valence-electron chi connectivity index (χ0n) is 20.1. The van der Waals surface area contributed by atoms with E-state index in [1.807, 2.05) is 0 Å². The molecule has 0 radical (unpaired) electrons. The molecule has 4 aromatic carbocycles. The molecule has 3 aliphatic carbocycles. The van der Waals surface area contributed by atoms with Gasteiger partial charge in [0.05, 0.1) is 0 Å². The first-order valence-corrected chi connectivity index (χ1v) is 13.2. The molecule has 0 heterocycles. The maximum absolute atomic E-state index is 2.61. The molecule has 0 aromatic heterocycles. The summed E-state index contributed by atoms with van der Waals surface area (Å²) >= 11 is 0. The van der Waals surface area contributed by atoms with E-state index in [2.05, 4.69) is 87.5 Å². The van der Waals surface area contributed by atoms with Crippen LogP contribution in [0.4, 0.5) is 0 Å². The van der Waals surface area contributed by atoms with Crippen LogP contribution in [-0.2, 0) is 19.3 Å². The molecule has 0 amide bonds. The molecule has 166 valence electrons. The number of aryl methyl sites for hydroxylation is 1. The summed E-state index contributed by atoms with van der Waals surface area (Å²) in [5.74, 6) is 5.49. The average molecular weight is 431 g/mol. The van der Waals surface area contributed by atoms with Gasteiger partial charge in [-0.05, 0) is 111 Å². The molecule has 0 spiro atoms. The minimum absolute atomic E-state index is 0.834. The van der Waals surface area contributed by atoms with Gasteiger partial charge in [0, 0.05) is 0 Å². The summed E-state index contributed by atoms with van der Waals surface area (Å²) in [6.45, 7) is 7.31. The summed E-state index contributed by atoms with van der Waals surface area (Å²) in [4.78, 5) is 0. The molecular formula is C33H34. The lowest BCUT2D eigenvalue weighted by atomic mass is 9.56. The van der Waals surface area contributed by atoms with Gasteiger partial charge in [0.25, 0.3) is 0 Å². The number of benzene rings is 4. The molecule has 0 nitrogen and oxygen atoms in total. The monoisotopic (exact) mass is 430 g/mol. The van der Waals surface area contributed by atoms with Crippen molar-refractivity contribution in [2.24, 2.45) is 29.6 Å². The Morgan fingerprint density at radius 2 is 1.39 bits per heavy atom. The molecule has 1 unspecified atom stereocenters. The first-order chi connectivity index (χ1) is 16.2. The Labute approximate surface area is 198 Å². The molecule has 0 aliphatic heterocycles. The second kappa shape index (κ2) is 7.20. The minimum Gasteiger partial charge on any atom is -0.0622 e. The van der Waals surface area contributed by atoms with Crippen LogP contribution in [0.1, 0.15) is 60.9 Å². The zero-order chi connectivity index (χ0) is 22.3. The molecule has 7 rings (SSSR count). The van der Waals surface area contributed by atoms with E-state index in [4.69, 9.17) is 0 Å². The highest BCUT2D eigenvalue weighted by molar-refractivity contribution is 6.06. The van der Waals surface area contributed by atoms with Crippen molar-refractivity contribution in [2.75, 3.05) is 0 Å². The summed E-state index contributed by atoms with van der Waals surface area (Å²) in [5.41, 5.74) is 7.85. The Morgan fingerprint density at radius 3 is 2.03 bits per heavy atom. The fraction of sp³-hybridized carbons (Fsp3) is 0.394. The van der Waals surface area contributed by atoms with Gasteiger partial charge in [0.2, 0.25) is 0 Å². The number of hydrogen-bond acceptors (Lipinski definition) is 0. The normalized spacial score (nSPS) is 29.7. The van der Waals surface area contributed by atoms with E-state index in [1.54, 1.807) is 11.1 Å². The molecule has 0 bridgehead atoms. The quantitative estimate of drug-likeness (QED) is 0.287. The number of rotatable bonds is 3. The Balaban J connectivity index is 1.34. The van der Waals surface area contributed by atoms with Crippen molar-refractivity contribution in [3.8, 4) is 0 Å². The predicted molar refractivity (Wildman–Crippen MR) is 140 cm³/mol. The lowest BCUT2D eigenvalue weighted by Gasteiger charge is -2.47. The summed E-state index contributed by atoms with van der Waals surface area (Å²) in [6.07, 6.45) is 4.89. The van der Waals surface area contributed by atoms with Crippen LogP contribution < -0.4 is 0 Å². The Bertz CT molecular complexity index is 1340. The third-order valence-corrected chi connectivity index (χ3v) is 9.98. The number of fused-ring (bicyclic) bond motifs is 8. The fourth-order valence-corrected chi connectivity index (χ4v) is 8.34. The maximum Gasteiger partial charge on any atom is -0.00133 e. The fourth-order valence-electron chi connectivity index (χ4n) is 8.34.